The molecule has 0 bridgehead atoms. The maximum Gasteiger partial charge on any atom is 0.119 e. The van der Waals surface area contributed by atoms with Crippen molar-refractivity contribution in [2.45, 2.75) is 13.2 Å². The summed E-state index contributed by atoms with van der Waals surface area (Å²) >= 11 is 6.17. The van der Waals surface area contributed by atoms with E-state index in [-0.39, 0.29) is 0 Å². The van der Waals surface area contributed by atoms with E-state index in [4.69, 9.17) is 21.1 Å². The molecule has 29 heavy (non-hydrogen) atoms. The van der Waals surface area contributed by atoms with Crippen LogP contribution in [0.2, 0.25) is 5.02 Å². The Bertz CT molecular complexity index is 907. The van der Waals surface area contributed by atoms with Crippen LogP contribution < -0.4 is 15.0 Å². The zero-order chi connectivity index (χ0) is 19.9. The lowest BCUT2D eigenvalue weighted by Crippen LogP contribution is -2.36. The summed E-state index contributed by atoms with van der Waals surface area (Å²) in [6, 6.07) is 24.5. The molecule has 1 saturated heterocycles. The van der Waals surface area contributed by atoms with Gasteiger partial charge in [0.2, 0.25) is 0 Å². The Morgan fingerprint density at radius 3 is 2.34 bits per heavy atom. The molecule has 4 nitrogen and oxygen atoms in total. The van der Waals surface area contributed by atoms with Crippen molar-refractivity contribution in [2.24, 2.45) is 0 Å². The van der Waals surface area contributed by atoms with Crippen molar-refractivity contribution in [3.05, 3.63) is 88.9 Å². The third-order valence-electron chi connectivity index (χ3n) is 5.02. The number of hydrogen-bond acceptors (Lipinski definition) is 4. The Labute approximate surface area is 177 Å². The summed E-state index contributed by atoms with van der Waals surface area (Å²) in [6.07, 6.45) is 0. The smallest absolute Gasteiger partial charge is 0.119 e. The topological polar surface area (TPSA) is 33.7 Å². The van der Waals surface area contributed by atoms with E-state index in [1.807, 2.05) is 36.4 Å². The van der Waals surface area contributed by atoms with Gasteiger partial charge in [-0.2, -0.15) is 0 Å². The van der Waals surface area contributed by atoms with Gasteiger partial charge in [0.25, 0.3) is 0 Å². The van der Waals surface area contributed by atoms with Crippen LogP contribution in [0.25, 0.3) is 0 Å². The molecule has 1 fully saturated rings. The Balaban J connectivity index is 1.27. The van der Waals surface area contributed by atoms with E-state index in [9.17, 15) is 0 Å². The summed E-state index contributed by atoms with van der Waals surface area (Å²) in [6.45, 7) is 4.75. The first-order chi connectivity index (χ1) is 14.3. The van der Waals surface area contributed by atoms with Crippen LogP contribution in [-0.2, 0) is 17.9 Å². The highest BCUT2D eigenvalue weighted by Gasteiger charge is 2.10. The predicted octanol–water partition coefficient (Wildman–Crippen LogP) is 5.37. The average molecular weight is 409 g/mol. The van der Waals surface area contributed by atoms with E-state index in [0.29, 0.717) is 6.61 Å². The van der Waals surface area contributed by atoms with Crippen molar-refractivity contribution in [3.8, 4) is 5.75 Å². The Morgan fingerprint density at radius 1 is 0.897 bits per heavy atom. The van der Waals surface area contributed by atoms with Crippen molar-refractivity contribution < 1.29 is 9.47 Å². The minimum Gasteiger partial charge on any atom is -0.489 e. The van der Waals surface area contributed by atoms with Crippen LogP contribution in [0, 0.1) is 0 Å². The van der Waals surface area contributed by atoms with Gasteiger partial charge < -0.3 is 19.7 Å². The second-order valence-corrected chi connectivity index (χ2v) is 7.43. The summed E-state index contributed by atoms with van der Waals surface area (Å²) in [4.78, 5) is 2.36. The van der Waals surface area contributed by atoms with Crippen LogP contribution in [0.4, 0.5) is 11.4 Å². The number of nitrogens with zero attached hydrogens (tertiary/aromatic N) is 1. The number of morpholine rings is 1. The van der Waals surface area contributed by atoms with Crippen molar-refractivity contribution in [3.63, 3.8) is 0 Å². The molecule has 1 heterocycles. The largest absolute Gasteiger partial charge is 0.489 e. The summed E-state index contributed by atoms with van der Waals surface area (Å²) in [5.41, 5.74) is 4.55. The number of benzene rings is 3. The third kappa shape index (κ3) is 5.43. The zero-order valence-corrected chi connectivity index (χ0v) is 17.1. The van der Waals surface area contributed by atoms with E-state index < -0.39 is 0 Å². The van der Waals surface area contributed by atoms with Gasteiger partial charge in [-0.05, 0) is 48.0 Å². The zero-order valence-electron chi connectivity index (χ0n) is 16.3. The maximum absolute atomic E-state index is 6.17. The number of hydrogen-bond donors (Lipinski definition) is 1. The minimum atomic E-state index is 0.465. The molecule has 4 rings (SSSR count). The number of rotatable bonds is 7. The highest BCUT2D eigenvalue weighted by Crippen LogP contribution is 2.21. The molecule has 0 unspecified atom stereocenters. The lowest BCUT2D eigenvalue weighted by atomic mass is 10.2. The molecule has 0 atom stereocenters. The van der Waals surface area contributed by atoms with Gasteiger partial charge in [0.15, 0.2) is 0 Å². The fourth-order valence-corrected chi connectivity index (χ4v) is 3.49. The highest BCUT2D eigenvalue weighted by molar-refractivity contribution is 6.31. The number of ether oxygens (including phenoxy) is 2. The van der Waals surface area contributed by atoms with E-state index >= 15 is 0 Å². The van der Waals surface area contributed by atoms with Crippen molar-refractivity contribution in [1.29, 1.82) is 0 Å². The molecule has 3 aromatic carbocycles. The molecule has 1 N–H and O–H groups in total. The number of halogens is 1. The second-order valence-electron chi connectivity index (χ2n) is 7.02. The first-order valence-electron chi connectivity index (χ1n) is 9.90. The predicted molar refractivity (Wildman–Crippen MR) is 119 cm³/mol. The molecule has 0 amide bonds. The van der Waals surface area contributed by atoms with E-state index in [1.54, 1.807) is 0 Å². The van der Waals surface area contributed by atoms with Gasteiger partial charge in [-0.15, -0.1) is 0 Å². The SMILES string of the molecule is Clc1ccccc1COc1ccc(CNc2ccc(N3CCOCC3)cc2)cc1. The van der Waals surface area contributed by atoms with Gasteiger partial charge in [0.1, 0.15) is 12.4 Å². The average Bonchev–Trinajstić information content (AvgIpc) is 2.79. The standard InChI is InChI=1S/C24H25ClN2O2/c25-24-4-2-1-3-20(24)18-29-23-11-5-19(6-12-23)17-26-21-7-9-22(10-8-21)27-13-15-28-16-14-27/h1-12,26H,13-18H2. The fraction of sp³-hybridized carbons (Fsp3) is 0.250. The lowest BCUT2D eigenvalue weighted by molar-refractivity contribution is 0.122. The summed E-state index contributed by atoms with van der Waals surface area (Å²) in [7, 11) is 0. The van der Waals surface area contributed by atoms with Crippen LogP contribution in [-0.4, -0.2) is 26.3 Å². The van der Waals surface area contributed by atoms with Crippen LogP contribution in [0.3, 0.4) is 0 Å². The summed E-state index contributed by atoms with van der Waals surface area (Å²) in [5.74, 6) is 0.837. The van der Waals surface area contributed by atoms with Gasteiger partial charge in [0, 0.05) is 41.6 Å². The normalized spacial score (nSPS) is 13.9. The van der Waals surface area contributed by atoms with Crippen molar-refractivity contribution >= 4 is 23.0 Å². The van der Waals surface area contributed by atoms with Crippen molar-refractivity contribution in [2.75, 3.05) is 36.5 Å². The highest BCUT2D eigenvalue weighted by atomic mass is 35.5. The minimum absolute atomic E-state index is 0.465. The molecule has 0 aromatic heterocycles. The Kier molecular flexibility index (Phi) is 6.55. The van der Waals surface area contributed by atoms with Crippen molar-refractivity contribution in [1.82, 2.24) is 0 Å². The molecule has 0 aliphatic carbocycles. The fourth-order valence-electron chi connectivity index (χ4n) is 3.30. The Hall–Kier alpha value is -2.69. The van der Waals surface area contributed by atoms with Gasteiger partial charge in [0.05, 0.1) is 13.2 Å². The van der Waals surface area contributed by atoms with Crippen LogP contribution >= 0.6 is 11.6 Å². The first kappa shape index (κ1) is 19.6. The van der Waals surface area contributed by atoms with E-state index in [0.717, 1.165) is 54.9 Å². The second kappa shape index (κ2) is 9.68. The van der Waals surface area contributed by atoms with E-state index in [1.165, 1.54) is 11.3 Å². The molecule has 150 valence electrons. The molecule has 1 aliphatic heterocycles. The van der Waals surface area contributed by atoms with Crippen LogP contribution in [0.15, 0.2) is 72.8 Å². The molecule has 0 saturated carbocycles. The van der Waals surface area contributed by atoms with Gasteiger partial charge in [-0.25, -0.2) is 0 Å². The molecular weight excluding hydrogens is 384 g/mol. The molecule has 0 radical (unpaired) electrons. The molecule has 3 aromatic rings. The Morgan fingerprint density at radius 2 is 1.62 bits per heavy atom. The van der Waals surface area contributed by atoms with E-state index in [2.05, 4.69) is 46.6 Å². The van der Waals surface area contributed by atoms with Gasteiger partial charge in [-0.1, -0.05) is 41.9 Å². The van der Waals surface area contributed by atoms with Crippen LogP contribution in [0.5, 0.6) is 5.75 Å². The molecule has 0 spiro atoms. The quantitative estimate of drug-likeness (QED) is 0.570. The molecule has 1 aliphatic rings. The van der Waals surface area contributed by atoms with Crippen LogP contribution in [0.1, 0.15) is 11.1 Å². The van der Waals surface area contributed by atoms with Gasteiger partial charge >= 0.3 is 0 Å². The lowest BCUT2D eigenvalue weighted by Gasteiger charge is -2.28. The molecular formula is C24H25ClN2O2. The summed E-state index contributed by atoms with van der Waals surface area (Å²) in [5, 5.41) is 4.20. The molecule has 5 heteroatoms. The monoisotopic (exact) mass is 408 g/mol. The van der Waals surface area contributed by atoms with Gasteiger partial charge in [-0.3, -0.25) is 0 Å². The summed E-state index contributed by atoms with van der Waals surface area (Å²) < 4.78 is 11.3. The number of anilines is 2. The first-order valence-corrected chi connectivity index (χ1v) is 10.3. The number of nitrogens with one attached hydrogen (secondary N) is 1. The maximum atomic E-state index is 6.17. The third-order valence-corrected chi connectivity index (χ3v) is 5.38.